The first kappa shape index (κ1) is 16.6. The van der Waals surface area contributed by atoms with E-state index < -0.39 is 7.12 Å². The van der Waals surface area contributed by atoms with Crippen LogP contribution >= 0.6 is 22.6 Å². The summed E-state index contributed by atoms with van der Waals surface area (Å²) < 4.78 is 13.3. The molecule has 0 amide bonds. The number of hydrogen-bond acceptors (Lipinski definition) is 3. The van der Waals surface area contributed by atoms with E-state index >= 15 is 0 Å². The molecular formula is C14H19BIN3O2. The summed E-state index contributed by atoms with van der Waals surface area (Å²) in [7, 11) is -0.395. The van der Waals surface area contributed by atoms with Crippen LogP contribution in [0.4, 0.5) is 0 Å². The summed E-state index contributed by atoms with van der Waals surface area (Å²) in [5.74, 6) is 0. The summed E-state index contributed by atoms with van der Waals surface area (Å²) in [6, 6.07) is 4.08. The lowest BCUT2D eigenvalue weighted by Crippen LogP contribution is -2.41. The quantitative estimate of drug-likeness (QED) is 0.256. The Morgan fingerprint density at radius 3 is 2.33 bits per heavy atom. The number of halogens is 1. The van der Waals surface area contributed by atoms with Gasteiger partial charge in [0, 0.05) is 8.48 Å². The fraction of sp³-hybridized carbons (Fsp3) is 0.571. The zero-order valence-electron chi connectivity index (χ0n) is 13.0. The minimum absolute atomic E-state index is 0.339. The number of rotatable bonds is 3. The van der Waals surface area contributed by atoms with E-state index in [0.717, 1.165) is 20.2 Å². The summed E-state index contributed by atoms with van der Waals surface area (Å²) in [4.78, 5) is 2.84. The van der Waals surface area contributed by atoms with Gasteiger partial charge in [-0.2, -0.15) is 0 Å². The largest absolute Gasteiger partial charge is 0.494 e. The third kappa shape index (κ3) is 3.21. The van der Waals surface area contributed by atoms with Gasteiger partial charge in [-0.1, -0.05) is 11.2 Å². The maximum atomic E-state index is 8.51. The molecule has 1 aliphatic rings. The number of azide groups is 1. The molecule has 112 valence electrons. The fourth-order valence-electron chi connectivity index (χ4n) is 2.15. The molecule has 2 rings (SSSR count). The minimum Gasteiger partial charge on any atom is -0.399 e. The number of hydrogen-bond donors (Lipinski definition) is 0. The van der Waals surface area contributed by atoms with E-state index in [-0.39, 0.29) is 11.2 Å². The Morgan fingerprint density at radius 1 is 1.24 bits per heavy atom. The van der Waals surface area contributed by atoms with Crippen LogP contribution in [0.3, 0.4) is 0 Å². The molecule has 0 N–H and O–H groups in total. The van der Waals surface area contributed by atoms with Crippen LogP contribution in [0, 0.1) is 10.5 Å². The average molecular weight is 399 g/mol. The topological polar surface area (TPSA) is 67.2 Å². The van der Waals surface area contributed by atoms with E-state index in [9.17, 15) is 0 Å². The normalized spacial score (nSPS) is 19.4. The summed E-state index contributed by atoms with van der Waals surface area (Å²) >= 11 is 2.29. The Balaban J connectivity index is 2.38. The Kier molecular flexibility index (Phi) is 4.59. The smallest absolute Gasteiger partial charge is 0.399 e. The third-order valence-corrected chi connectivity index (χ3v) is 5.42. The second-order valence-corrected chi connectivity index (χ2v) is 7.43. The van der Waals surface area contributed by atoms with Crippen LogP contribution in [-0.4, -0.2) is 18.3 Å². The maximum absolute atomic E-state index is 8.51. The molecule has 7 heteroatoms. The van der Waals surface area contributed by atoms with Gasteiger partial charge in [0.15, 0.2) is 0 Å². The molecule has 0 saturated carbocycles. The highest BCUT2D eigenvalue weighted by atomic mass is 127. The Morgan fingerprint density at radius 2 is 1.81 bits per heavy atom. The van der Waals surface area contributed by atoms with Gasteiger partial charge >= 0.3 is 7.12 Å². The third-order valence-electron chi connectivity index (χ3n) is 4.30. The Bertz CT molecular complexity index is 596. The second-order valence-electron chi connectivity index (χ2n) is 6.26. The van der Waals surface area contributed by atoms with E-state index in [1.807, 2.05) is 40.7 Å². The molecule has 0 unspecified atom stereocenters. The Labute approximate surface area is 139 Å². The molecular weight excluding hydrogens is 380 g/mol. The van der Waals surface area contributed by atoms with Gasteiger partial charge in [0.25, 0.3) is 0 Å². The van der Waals surface area contributed by atoms with Crippen molar-refractivity contribution < 1.29 is 9.31 Å². The fourth-order valence-corrected chi connectivity index (χ4v) is 2.85. The zero-order chi connectivity index (χ0) is 15.8. The van der Waals surface area contributed by atoms with E-state index in [1.165, 1.54) is 0 Å². The summed E-state index contributed by atoms with van der Waals surface area (Å²) in [5.41, 5.74) is 10.9. The van der Waals surface area contributed by atoms with E-state index in [1.54, 1.807) is 0 Å². The average Bonchev–Trinajstić information content (AvgIpc) is 2.60. The molecule has 1 saturated heterocycles. The Hall–Kier alpha value is -0.755. The number of nitrogens with zero attached hydrogens (tertiary/aromatic N) is 3. The highest BCUT2D eigenvalue weighted by molar-refractivity contribution is 14.1. The predicted octanol–water partition coefficient (Wildman–Crippen LogP) is 3.71. The van der Waals surface area contributed by atoms with Crippen LogP contribution in [0.1, 0.15) is 38.8 Å². The van der Waals surface area contributed by atoms with Crippen molar-refractivity contribution in [3.8, 4) is 0 Å². The molecule has 0 bridgehead atoms. The molecule has 0 aliphatic carbocycles. The van der Waals surface area contributed by atoms with Crippen molar-refractivity contribution in [2.75, 3.05) is 0 Å². The molecule has 0 spiro atoms. The minimum atomic E-state index is -0.395. The number of benzene rings is 1. The standard InChI is InChI=1S/C14H19BIN3O2/c1-9-10(8-18-19-17)6-11(7-12(9)16)15-20-13(2,3)14(4,5)21-15/h6-7H,8H2,1-5H3. The van der Waals surface area contributed by atoms with Gasteiger partial charge in [-0.25, -0.2) is 0 Å². The van der Waals surface area contributed by atoms with Crippen LogP contribution in [0.15, 0.2) is 17.2 Å². The molecule has 1 aromatic rings. The molecule has 1 fully saturated rings. The molecule has 1 heterocycles. The van der Waals surface area contributed by atoms with Gasteiger partial charge < -0.3 is 9.31 Å². The lowest BCUT2D eigenvalue weighted by atomic mass is 9.78. The van der Waals surface area contributed by atoms with Crippen molar-refractivity contribution in [1.29, 1.82) is 0 Å². The maximum Gasteiger partial charge on any atom is 0.494 e. The van der Waals surface area contributed by atoms with E-state index in [0.29, 0.717) is 6.54 Å². The van der Waals surface area contributed by atoms with Crippen molar-refractivity contribution in [3.05, 3.63) is 37.3 Å². The van der Waals surface area contributed by atoms with Crippen molar-refractivity contribution in [2.45, 2.75) is 52.4 Å². The van der Waals surface area contributed by atoms with E-state index in [2.05, 4.69) is 38.7 Å². The lowest BCUT2D eigenvalue weighted by molar-refractivity contribution is 0.00578. The molecule has 1 aliphatic heterocycles. The van der Waals surface area contributed by atoms with Crippen molar-refractivity contribution in [1.82, 2.24) is 0 Å². The van der Waals surface area contributed by atoms with Crippen molar-refractivity contribution in [2.24, 2.45) is 5.11 Å². The molecule has 0 radical (unpaired) electrons. The highest BCUT2D eigenvalue weighted by Crippen LogP contribution is 2.36. The van der Waals surface area contributed by atoms with Crippen LogP contribution in [0.5, 0.6) is 0 Å². The van der Waals surface area contributed by atoms with Gasteiger partial charge in [-0.15, -0.1) is 0 Å². The van der Waals surface area contributed by atoms with Crippen LogP contribution in [-0.2, 0) is 15.9 Å². The SMILES string of the molecule is Cc1c(I)cc(B2OC(C)(C)C(C)(C)O2)cc1CN=[N+]=[N-]. The first-order valence-electron chi connectivity index (χ1n) is 6.83. The highest BCUT2D eigenvalue weighted by Gasteiger charge is 2.51. The molecule has 5 nitrogen and oxygen atoms in total. The summed E-state index contributed by atoms with van der Waals surface area (Å²) in [6.07, 6.45) is 0. The first-order chi connectivity index (χ1) is 9.68. The van der Waals surface area contributed by atoms with Crippen LogP contribution < -0.4 is 5.46 Å². The van der Waals surface area contributed by atoms with Gasteiger partial charge in [-0.05, 0) is 85.4 Å². The van der Waals surface area contributed by atoms with E-state index in [4.69, 9.17) is 14.8 Å². The molecule has 0 aromatic heterocycles. The molecule has 1 aromatic carbocycles. The second kappa shape index (κ2) is 5.80. The van der Waals surface area contributed by atoms with Gasteiger partial charge in [0.1, 0.15) is 0 Å². The summed E-state index contributed by atoms with van der Waals surface area (Å²) in [6.45, 7) is 10.5. The monoisotopic (exact) mass is 399 g/mol. The first-order valence-corrected chi connectivity index (χ1v) is 7.91. The van der Waals surface area contributed by atoms with Crippen molar-refractivity contribution >= 4 is 35.2 Å². The van der Waals surface area contributed by atoms with Gasteiger partial charge in [0.05, 0.1) is 17.7 Å². The molecule has 0 atom stereocenters. The predicted molar refractivity (Wildman–Crippen MR) is 92.5 cm³/mol. The summed E-state index contributed by atoms with van der Waals surface area (Å²) in [5, 5.41) is 3.66. The zero-order valence-corrected chi connectivity index (χ0v) is 15.1. The van der Waals surface area contributed by atoms with Crippen molar-refractivity contribution in [3.63, 3.8) is 0 Å². The van der Waals surface area contributed by atoms with Crippen LogP contribution in [0.25, 0.3) is 10.4 Å². The lowest BCUT2D eigenvalue weighted by Gasteiger charge is -2.32. The molecule has 21 heavy (non-hydrogen) atoms. The van der Waals surface area contributed by atoms with Crippen LogP contribution in [0.2, 0.25) is 0 Å². The van der Waals surface area contributed by atoms with Gasteiger partial charge in [0.2, 0.25) is 0 Å². The van der Waals surface area contributed by atoms with Gasteiger partial charge in [-0.3, -0.25) is 0 Å².